The second-order valence-corrected chi connectivity index (χ2v) is 5.45. The van der Waals surface area contributed by atoms with E-state index in [2.05, 4.69) is 16.7 Å². The zero-order chi connectivity index (χ0) is 19.3. The molecular weight excluding hydrogens is 344 g/mol. The molecule has 1 aromatic carbocycles. The summed E-state index contributed by atoms with van der Waals surface area (Å²) in [5.41, 5.74) is 8.46. The Bertz CT molecular complexity index is 826. The lowest BCUT2D eigenvalue weighted by atomic mass is 9.86. The van der Waals surface area contributed by atoms with Gasteiger partial charge in [-0.25, -0.2) is 4.79 Å². The van der Waals surface area contributed by atoms with Crippen LogP contribution >= 0.6 is 0 Å². The number of carbonyl (C=O) groups excluding carboxylic acids is 3. The molecule has 0 unspecified atom stereocenters. The van der Waals surface area contributed by atoms with Crippen molar-refractivity contribution in [2.24, 2.45) is 5.92 Å². The Labute approximate surface area is 147 Å². The highest BCUT2D eigenvalue weighted by Crippen LogP contribution is 2.19. The minimum Gasteiger partial charge on any atom is -0.452 e. The van der Waals surface area contributed by atoms with Gasteiger partial charge < -0.3 is 15.6 Å². The van der Waals surface area contributed by atoms with Crippen LogP contribution in [0.1, 0.15) is 12.0 Å². The van der Waals surface area contributed by atoms with Gasteiger partial charge in [-0.15, -0.1) is 6.58 Å². The Morgan fingerprint density at radius 3 is 2.54 bits per heavy atom. The molecule has 1 amide bonds. The fraction of sp³-hybridized carbons (Fsp3) is 0.250. The molecule has 0 radical (unpaired) electrons. The summed E-state index contributed by atoms with van der Waals surface area (Å²) in [4.78, 5) is 47.9. The van der Waals surface area contributed by atoms with Crippen molar-refractivity contribution in [1.29, 1.82) is 0 Å². The number of nitrogens with zero attached hydrogens (tertiary/aromatic N) is 3. The first-order valence-corrected chi connectivity index (χ1v) is 7.46. The van der Waals surface area contributed by atoms with Gasteiger partial charge in [0.2, 0.25) is 5.91 Å². The van der Waals surface area contributed by atoms with E-state index < -0.39 is 34.3 Å². The van der Waals surface area contributed by atoms with Crippen molar-refractivity contribution in [3.63, 3.8) is 0 Å². The Balaban J connectivity index is 1.93. The molecular formula is C16H14N4O6. The average Bonchev–Trinajstić information content (AvgIpc) is 2.60. The summed E-state index contributed by atoms with van der Waals surface area (Å²) in [5.74, 6) is -2.76. The lowest BCUT2D eigenvalue weighted by Crippen LogP contribution is -2.58. The monoisotopic (exact) mass is 358 g/mol. The van der Waals surface area contributed by atoms with Gasteiger partial charge in [0.25, 0.3) is 11.5 Å². The zero-order valence-corrected chi connectivity index (χ0v) is 13.5. The third-order valence-corrected chi connectivity index (χ3v) is 3.80. The summed E-state index contributed by atoms with van der Waals surface area (Å²) in [7, 11) is 0. The van der Waals surface area contributed by atoms with Gasteiger partial charge in [0.05, 0.1) is 16.9 Å². The van der Waals surface area contributed by atoms with Crippen LogP contribution in [0.25, 0.3) is 5.53 Å². The van der Waals surface area contributed by atoms with Crippen LogP contribution < -0.4 is 5.32 Å². The molecule has 1 N–H and O–H groups in total. The smallest absolute Gasteiger partial charge is 0.441 e. The topological polar surface area (TPSA) is 152 Å². The number of esters is 1. The van der Waals surface area contributed by atoms with Gasteiger partial charge in [-0.3, -0.25) is 19.7 Å². The van der Waals surface area contributed by atoms with Crippen molar-refractivity contribution in [2.75, 3.05) is 0 Å². The standard InChI is InChI=1S/C16H14N4O6/c1-2-11-12(18-15(11)22)7-13(21)14(19-17)16(23)26-8-9-3-5-10(6-4-9)20(24)25/h2-6,11-12H,1,7-8H2,(H,18,22)/t11-,12-/m1/s1. The number of nitro groups is 1. The molecule has 0 spiro atoms. The van der Waals surface area contributed by atoms with E-state index in [0.29, 0.717) is 5.56 Å². The van der Waals surface area contributed by atoms with E-state index in [4.69, 9.17) is 10.3 Å². The minimum absolute atomic E-state index is 0.118. The van der Waals surface area contributed by atoms with Crippen molar-refractivity contribution >= 4 is 29.1 Å². The van der Waals surface area contributed by atoms with Crippen LogP contribution in [0.2, 0.25) is 0 Å². The second kappa shape index (κ2) is 7.95. The van der Waals surface area contributed by atoms with Gasteiger partial charge in [-0.2, -0.15) is 4.79 Å². The van der Waals surface area contributed by atoms with E-state index in [1.807, 2.05) is 0 Å². The molecule has 1 fully saturated rings. The molecule has 0 aliphatic carbocycles. The van der Waals surface area contributed by atoms with Crippen molar-refractivity contribution in [3.8, 4) is 0 Å². The maximum absolute atomic E-state index is 12.1. The van der Waals surface area contributed by atoms with Gasteiger partial charge in [-0.05, 0) is 17.7 Å². The molecule has 0 aromatic heterocycles. The molecule has 10 nitrogen and oxygen atoms in total. The number of ketones is 1. The molecule has 1 aliphatic heterocycles. The van der Waals surface area contributed by atoms with Crippen LogP contribution in [-0.4, -0.2) is 39.1 Å². The van der Waals surface area contributed by atoms with Crippen LogP contribution in [0.4, 0.5) is 5.69 Å². The molecule has 10 heteroatoms. The summed E-state index contributed by atoms with van der Waals surface area (Å²) >= 11 is 0. The van der Waals surface area contributed by atoms with Crippen molar-refractivity contribution in [2.45, 2.75) is 19.1 Å². The number of β-lactam (4-membered cyclic amide) rings is 1. The first-order valence-electron chi connectivity index (χ1n) is 7.46. The number of hydrogen-bond donors (Lipinski definition) is 1. The van der Waals surface area contributed by atoms with E-state index >= 15 is 0 Å². The number of nitro benzene ring substituents is 1. The highest BCUT2D eigenvalue weighted by molar-refractivity contribution is 6.62. The Hall–Kier alpha value is -3.65. The van der Waals surface area contributed by atoms with Crippen LogP contribution in [-0.2, 0) is 25.7 Å². The molecule has 2 atom stereocenters. The number of benzene rings is 1. The lowest BCUT2D eigenvalue weighted by Gasteiger charge is -2.33. The van der Waals surface area contributed by atoms with E-state index in [1.54, 1.807) is 0 Å². The highest BCUT2D eigenvalue weighted by atomic mass is 16.6. The van der Waals surface area contributed by atoms with Gasteiger partial charge in [0.1, 0.15) is 6.61 Å². The number of carbonyl (C=O) groups is 3. The third kappa shape index (κ3) is 4.05. The third-order valence-electron chi connectivity index (χ3n) is 3.80. The Morgan fingerprint density at radius 2 is 2.04 bits per heavy atom. The predicted octanol–water partition coefficient (Wildman–Crippen LogP) is 0.569. The van der Waals surface area contributed by atoms with Crippen LogP contribution in [0.5, 0.6) is 0 Å². The zero-order valence-electron chi connectivity index (χ0n) is 13.5. The van der Waals surface area contributed by atoms with Gasteiger partial charge >= 0.3 is 11.7 Å². The highest BCUT2D eigenvalue weighted by Gasteiger charge is 2.42. The summed E-state index contributed by atoms with van der Waals surface area (Å²) in [5, 5.41) is 13.1. The van der Waals surface area contributed by atoms with Crippen LogP contribution in [0.15, 0.2) is 36.9 Å². The number of amides is 1. The Kier molecular flexibility index (Phi) is 5.71. The normalized spacial score (nSPS) is 17.9. The van der Waals surface area contributed by atoms with Crippen molar-refractivity contribution in [1.82, 2.24) is 5.32 Å². The van der Waals surface area contributed by atoms with E-state index in [-0.39, 0.29) is 24.6 Å². The molecule has 2 rings (SSSR count). The molecule has 1 aromatic rings. The van der Waals surface area contributed by atoms with Gasteiger partial charge in [-0.1, -0.05) is 6.08 Å². The first-order chi connectivity index (χ1) is 12.4. The molecule has 1 saturated heterocycles. The summed E-state index contributed by atoms with van der Waals surface area (Å²) in [6.45, 7) is 3.22. The van der Waals surface area contributed by atoms with Crippen LogP contribution in [0.3, 0.4) is 0 Å². The SMILES string of the molecule is C=C[C@H]1C(=O)N[C@@H]1CC(=O)C(=[N+]=[N-])C(=O)OCc1ccc([N+](=O)[O-])cc1. The summed E-state index contributed by atoms with van der Waals surface area (Å²) in [6, 6.07) is 4.74. The second-order valence-electron chi connectivity index (χ2n) is 5.45. The number of nitrogens with one attached hydrogen (secondary N) is 1. The molecule has 134 valence electrons. The summed E-state index contributed by atoms with van der Waals surface area (Å²) < 4.78 is 4.88. The van der Waals surface area contributed by atoms with E-state index in [1.165, 1.54) is 30.3 Å². The van der Waals surface area contributed by atoms with Gasteiger partial charge in [0.15, 0.2) is 0 Å². The molecule has 0 saturated carbocycles. The largest absolute Gasteiger partial charge is 0.452 e. The maximum atomic E-state index is 12.1. The number of Topliss-reactive ketones (excluding diaryl/α,β-unsaturated/α-hetero) is 1. The number of rotatable bonds is 8. The average molecular weight is 358 g/mol. The number of hydrogen-bond acceptors (Lipinski definition) is 6. The quantitative estimate of drug-likeness (QED) is 0.0825. The lowest BCUT2D eigenvalue weighted by molar-refractivity contribution is -0.384. The van der Waals surface area contributed by atoms with Crippen LogP contribution in [0, 0.1) is 16.0 Å². The van der Waals surface area contributed by atoms with E-state index in [0.717, 1.165) is 0 Å². The van der Waals surface area contributed by atoms with Gasteiger partial charge in [0, 0.05) is 18.6 Å². The van der Waals surface area contributed by atoms with Crippen molar-refractivity contribution < 1.29 is 28.8 Å². The number of ether oxygens (including phenoxy) is 1. The maximum Gasteiger partial charge on any atom is 0.441 e. The predicted molar refractivity (Wildman–Crippen MR) is 86.8 cm³/mol. The Morgan fingerprint density at radius 1 is 1.38 bits per heavy atom. The molecule has 0 bridgehead atoms. The van der Waals surface area contributed by atoms with Crippen molar-refractivity contribution in [3.05, 3.63) is 58.1 Å². The molecule has 26 heavy (non-hydrogen) atoms. The fourth-order valence-electron chi connectivity index (χ4n) is 2.34. The number of non-ortho nitro benzene ring substituents is 1. The first kappa shape index (κ1) is 18.7. The minimum atomic E-state index is -1.14. The molecule has 1 heterocycles. The molecule has 1 aliphatic rings. The van der Waals surface area contributed by atoms with E-state index in [9.17, 15) is 24.5 Å². The summed E-state index contributed by atoms with van der Waals surface area (Å²) in [6.07, 6.45) is 1.15. The fourth-order valence-corrected chi connectivity index (χ4v) is 2.34.